The van der Waals surface area contributed by atoms with Crippen LogP contribution in [-0.4, -0.2) is 14.8 Å². The van der Waals surface area contributed by atoms with E-state index in [2.05, 4.69) is 23.9 Å². The number of hydrogen-bond donors (Lipinski definition) is 0. The fourth-order valence-electron chi connectivity index (χ4n) is 1.29. The summed E-state index contributed by atoms with van der Waals surface area (Å²) in [4.78, 5) is 4.07. The lowest BCUT2D eigenvalue weighted by molar-refractivity contribution is 0.534. The largest absolute Gasteiger partial charge is 0.270 e. The zero-order valence-electron chi connectivity index (χ0n) is 8.38. The van der Waals surface area contributed by atoms with Gasteiger partial charge in [-0.2, -0.15) is 5.10 Å². The quantitative estimate of drug-likeness (QED) is 0.723. The minimum absolute atomic E-state index is 0.403. The summed E-state index contributed by atoms with van der Waals surface area (Å²) in [6.07, 6.45) is 5.59. The molecular formula is C11H13N3. The lowest BCUT2D eigenvalue weighted by Gasteiger charge is -2.03. The van der Waals surface area contributed by atoms with Gasteiger partial charge in [-0.3, -0.25) is 9.67 Å². The molecule has 0 fully saturated rings. The van der Waals surface area contributed by atoms with Gasteiger partial charge in [0.05, 0.1) is 5.69 Å². The van der Waals surface area contributed by atoms with E-state index in [9.17, 15) is 0 Å². The van der Waals surface area contributed by atoms with Crippen molar-refractivity contribution in [3.05, 3.63) is 36.8 Å². The molecule has 0 aliphatic rings. The highest BCUT2D eigenvalue weighted by atomic mass is 15.3. The van der Waals surface area contributed by atoms with Gasteiger partial charge in [0, 0.05) is 30.2 Å². The third kappa shape index (κ3) is 1.66. The van der Waals surface area contributed by atoms with Crippen LogP contribution in [0.3, 0.4) is 0 Å². The highest BCUT2D eigenvalue weighted by Gasteiger charge is 2.03. The molecule has 14 heavy (non-hydrogen) atoms. The Kier molecular flexibility index (Phi) is 2.31. The van der Waals surface area contributed by atoms with E-state index < -0.39 is 0 Å². The van der Waals surface area contributed by atoms with Gasteiger partial charge >= 0.3 is 0 Å². The molecule has 0 radical (unpaired) electrons. The second-order valence-electron chi connectivity index (χ2n) is 3.52. The third-order valence-electron chi connectivity index (χ3n) is 2.09. The molecule has 0 N–H and O–H groups in total. The van der Waals surface area contributed by atoms with Crippen LogP contribution < -0.4 is 0 Å². The molecule has 2 aromatic rings. The lowest BCUT2D eigenvalue weighted by Crippen LogP contribution is -2.00. The first-order chi connectivity index (χ1) is 6.77. The van der Waals surface area contributed by atoms with E-state index in [0.717, 1.165) is 11.3 Å². The number of pyridine rings is 1. The Balaban J connectivity index is 2.34. The molecule has 0 saturated carbocycles. The van der Waals surface area contributed by atoms with Crippen LogP contribution in [0.25, 0.3) is 11.3 Å². The zero-order valence-corrected chi connectivity index (χ0v) is 8.38. The van der Waals surface area contributed by atoms with Crippen LogP contribution in [0.2, 0.25) is 0 Å². The maximum atomic E-state index is 4.46. The summed E-state index contributed by atoms with van der Waals surface area (Å²) in [5.41, 5.74) is 2.04. The molecule has 2 aromatic heterocycles. The fraction of sp³-hybridized carbons (Fsp3) is 0.273. The molecule has 0 saturated heterocycles. The van der Waals surface area contributed by atoms with Gasteiger partial charge < -0.3 is 0 Å². The molecule has 0 unspecified atom stereocenters. The molecule has 0 atom stereocenters. The maximum Gasteiger partial charge on any atom is 0.0938 e. The topological polar surface area (TPSA) is 30.7 Å². The summed E-state index contributed by atoms with van der Waals surface area (Å²) < 4.78 is 1.95. The van der Waals surface area contributed by atoms with Crippen LogP contribution in [0.5, 0.6) is 0 Å². The van der Waals surface area contributed by atoms with E-state index in [4.69, 9.17) is 0 Å². The number of rotatable bonds is 2. The smallest absolute Gasteiger partial charge is 0.0938 e. The predicted octanol–water partition coefficient (Wildman–Crippen LogP) is 2.53. The molecule has 0 aromatic carbocycles. The van der Waals surface area contributed by atoms with Crippen molar-refractivity contribution in [3.8, 4) is 11.3 Å². The van der Waals surface area contributed by atoms with Crippen LogP contribution >= 0.6 is 0 Å². The van der Waals surface area contributed by atoms with Crippen LogP contribution in [0.15, 0.2) is 36.8 Å². The standard InChI is InChI=1S/C11H13N3/c1-9(2)14-7-5-11(13-14)10-4-3-6-12-8-10/h3-9H,1-2H3. The van der Waals surface area contributed by atoms with Gasteiger partial charge in [-0.1, -0.05) is 0 Å². The highest BCUT2D eigenvalue weighted by molar-refractivity contribution is 5.56. The molecule has 0 bridgehead atoms. The van der Waals surface area contributed by atoms with Gasteiger partial charge in [0.25, 0.3) is 0 Å². The van der Waals surface area contributed by atoms with E-state index in [1.165, 1.54) is 0 Å². The number of nitrogens with zero attached hydrogens (tertiary/aromatic N) is 3. The van der Waals surface area contributed by atoms with E-state index >= 15 is 0 Å². The van der Waals surface area contributed by atoms with Crippen LogP contribution in [0.4, 0.5) is 0 Å². The van der Waals surface area contributed by atoms with Gasteiger partial charge in [0.15, 0.2) is 0 Å². The Hall–Kier alpha value is -1.64. The summed E-state index contributed by atoms with van der Waals surface area (Å²) in [5.74, 6) is 0. The zero-order chi connectivity index (χ0) is 9.97. The lowest BCUT2D eigenvalue weighted by atomic mass is 10.2. The molecule has 2 rings (SSSR count). The Bertz CT molecular complexity index is 403. The van der Waals surface area contributed by atoms with Crippen molar-refractivity contribution in [3.63, 3.8) is 0 Å². The van der Waals surface area contributed by atoms with Gasteiger partial charge in [-0.05, 0) is 32.0 Å². The minimum Gasteiger partial charge on any atom is -0.270 e. The molecule has 0 aliphatic carbocycles. The van der Waals surface area contributed by atoms with Gasteiger partial charge in [0.2, 0.25) is 0 Å². The van der Waals surface area contributed by atoms with Gasteiger partial charge in [-0.15, -0.1) is 0 Å². The summed E-state index contributed by atoms with van der Waals surface area (Å²) in [5, 5.41) is 4.46. The van der Waals surface area contributed by atoms with E-state index in [0.29, 0.717) is 6.04 Å². The van der Waals surface area contributed by atoms with E-state index in [-0.39, 0.29) is 0 Å². The molecule has 72 valence electrons. The molecule has 0 spiro atoms. The van der Waals surface area contributed by atoms with Crippen molar-refractivity contribution >= 4 is 0 Å². The Morgan fingerprint density at radius 2 is 2.14 bits per heavy atom. The third-order valence-corrected chi connectivity index (χ3v) is 2.09. The summed E-state index contributed by atoms with van der Waals surface area (Å²) in [7, 11) is 0. The Labute approximate surface area is 83.4 Å². The first kappa shape index (κ1) is 8.94. The second-order valence-corrected chi connectivity index (χ2v) is 3.52. The first-order valence-corrected chi connectivity index (χ1v) is 4.73. The van der Waals surface area contributed by atoms with Crippen molar-refractivity contribution in [2.75, 3.05) is 0 Å². The van der Waals surface area contributed by atoms with Crippen molar-refractivity contribution in [1.29, 1.82) is 0 Å². The molecule has 0 aliphatic heterocycles. The number of aromatic nitrogens is 3. The fourth-order valence-corrected chi connectivity index (χ4v) is 1.29. The average molecular weight is 187 g/mol. The molecule has 2 heterocycles. The van der Waals surface area contributed by atoms with Crippen molar-refractivity contribution in [2.24, 2.45) is 0 Å². The van der Waals surface area contributed by atoms with E-state index in [1.54, 1.807) is 6.20 Å². The van der Waals surface area contributed by atoms with Crippen molar-refractivity contribution < 1.29 is 0 Å². The predicted molar refractivity (Wildman–Crippen MR) is 55.8 cm³/mol. The van der Waals surface area contributed by atoms with Crippen LogP contribution in [-0.2, 0) is 0 Å². The normalized spacial score (nSPS) is 10.8. The van der Waals surface area contributed by atoms with Crippen molar-refractivity contribution in [2.45, 2.75) is 19.9 Å². The summed E-state index contributed by atoms with van der Waals surface area (Å²) in [6, 6.07) is 6.35. The molecular weight excluding hydrogens is 174 g/mol. The minimum atomic E-state index is 0.403. The van der Waals surface area contributed by atoms with Gasteiger partial charge in [0.1, 0.15) is 0 Å². The van der Waals surface area contributed by atoms with Gasteiger partial charge in [-0.25, -0.2) is 0 Å². The maximum absolute atomic E-state index is 4.46. The highest BCUT2D eigenvalue weighted by Crippen LogP contribution is 2.16. The second kappa shape index (κ2) is 3.62. The van der Waals surface area contributed by atoms with Crippen LogP contribution in [0.1, 0.15) is 19.9 Å². The molecule has 3 heteroatoms. The Morgan fingerprint density at radius 3 is 2.71 bits per heavy atom. The summed E-state index contributed by atoms with van der Waals surface area (Å²) in [6.45, 7) is 4.22. The average Bonchev–Trinajstić information content (AvgIpc) is 2.68. The molecule has 3 nitrogen and oxygen atoms in total. The molecule has 0 amide bonds. The monoisotopic (exact) mass is 187 g/mol. The van der Waals surface area contributed by atoms with E-state index in [1.807, 2.05) is 35.3 Å². The Morgan fingerprint density at radius 1 is 1.29 bits per heavy atom. The number of hydrogen-bond acceptors (Lipinski definition) is 2. The van der Waals surface area contributed by atoms with Crippen molar-refractivity contribution in [1.82, 2.24) is 14.8 Å². The van der Waals surface area contributed by atoms with Crippen LogP contribution in [0, 0.1) is 0 Å². The first-order valence-electron chi connectivity index (χ1n) is 4.73. The summed E-state index contributed by atoms with van der Waals surface area (Å²) >= 11 is 0. The SMILES string of the molecule is CC(C)n1ccc(-c2cccnc2)n1.